The molecule has 19 heavy (non-hydrogen) atoms. The molecule has 2 aliphatic rings. The van der Waals surface area contributed by atoms with Gasteiger partial charge >= 0.3 is 6.09 Å². The second kappa shape index (κ2) is 5.92. The summed E-state index contributed by atoms with van der Waals surface area (Å²) in [5.41, 5.74) is -0.404. The lowest BCUT2D eigenvalue weighted by Crippen LogP contribution is -2.43. The zero-order chi connectivity index (χ0) is 14.0. The van der Waals surface area contributed by atoms with Crippen LogP contribution in [0.4, 0.5) is 4.79 Å². The fourth-order valence-corrected chi connectivity index (χ4v) is 3.85. The summed E-state index contributed by atoms with van der Waals surface area (Å²) in [6.07, 6.45) is 2.10. The van der Waals surface area contributed by atoms with E-state index in [4.69, 9.17) is 4.74 Å². The van der Waals surface area contributed by atoms with Crippen molar-refractivity contribution in [3.63, 3.8) is 0 Å². The van der Waals surface area contributed by atoms with Crippen LogP contribution in [0.2, 0.25) is 0 Å². The molecular weight excluding hydrogens is 260 g/mol. The van der Waals surface area contributed by atoms with Gasteiger partial charge in [-0.2, -0.15) is 11.8 Å². The van der Waals surface area contributed by atoms with Crippen LogP contribution < -0.4 is 5.32 Å². The summed E-state index contributed by atoms with van der Waals surface area (Å²) in [7, 11) is 0. The Hall–Kier alpha value is -0.420. The van der Waals surface area contributed by atoms with E-state index in [0.717, 1.165) is 19.5 Å². The molecule has 2 heterocycles. The van der Waals surface area contributed by atoms with Crippen molar-refractivity contribution in [3.8, 4) is 0 Å². The summed E-state index contributed by atoms with van der Waals surface area (Å²) in [5, 5.41) is 4.40. The highest BCUT2D eigenvalue weighted by Crippen LogP contribution is 2.27. The maximum Gasteiger partial charge on any atom is 0.410 e. The summed E-state index contributed by atoms with van der Waals surface area (Å²) >= 11 is 2.04. The summed E-state index contributed by atoms with van der Waals surface area (Å²) in [6, 6.07) is 1.03. The number of nitrogens with one attached hydrogen (secondary N) is 1. The molecule has 0 aromatic rings. The van der Waals surface area contributed by atoms with Crippen molar-refractivity contribution >= 4 is 17.9 Å². The SMILES string of the molecule is CC1SCCC1NC1CCN(C(=O)OC(C)(C)C)C1. The Balaban J connectivity index is 1.78. The Labute approximate surface area is 120 Å². The maximum absolute atomic E-state index is 12.0. The van der Waals surface area contributed by atoms with Gasteiger partial charge in [0, 0.05) is 30.4 Å². The summed E-state index contributed by atoms with van der Waals surface area (Å²) in [6.45, 7) is 9.61. The van der Waals surface area contributed by atoms with Gasteiger partial charge in [0.1, 0.15) is 5.60 Å². The molecule has 5 heteroatoms. The Morgan fingerprint density at radius 2 is 2.11 bits per heavy atom. The Morgan fingerprint density at radius 3 is 2.68 bits per heavy atom. The van der Waals surface area contributed by atoms with Crippen molar-refractivity contribution in [1.82, 2.24) is 10.2 Å². The molecule has 0 aromatic heterocycles. The molecule has 2 saturated heterocycles. The highest BCUT2D eigenvalue weighted by Gasteiger charge is 2.33. The first-order chi connectivity index (χ1) is 8.85. The number of amides is 1. The fourth-order valence-electron chi connectivity index (χ4n) is 2.64. The standard InChI is InChI=1S/C14H26N2O2S/c1-10-12(6-8-19-10)15-11-5-7-16(9-11)13(17)18-14(2,3)4/h10-12,15H,5-9H2,1-4H3. The molecule has 0 aromatic carbocycles. The Morgan fingerprint density at radius 1 is 1.37 bits per heavy atom. The zero-order valence-corrected chi connectivity index (χ0v) is 13.3. The lowest BCUT2D eigenvalue weighted by atomic mass is 10.1. The van der Waals surface area contributed by atoms with Crippen molar-refractivity contribution in [2.45, 2.75) is 63.5 Å². The van der Waals surface area contributed by atoms with Crippen molar-refractivity contribution in [3.05, 3.63) is 0 Å². The minimum Gasteiger partial charge on any atom is -0.444 e. The van der Waals surface area contributed by atoms with E-state index in [9.17, 15) is 4.79 Å². The van der Waals surface area contributed by atoms with Gasteiger partial charge in [0.15, 0.2) is 0 Å². The van der Waals surface area contributed by atoms with E-state index < -0.39 is 5.60 Å². The number of nitrogens with zero attached hydrogens (tertiary/aromatic N) is 1. The first kappa shape index (κ1) is 15.0. The first-order valence-electron chi connectivity index (χ1n) is 7.21. The lowest BCUT2D eigenvalue weighted by Gasteiger charge is -2.25. The maximum atomic E-state index is 12.0. The largest absolute Gasteiger partial charge is 0.444 e. The van der Waals surface area contributed by atoms with Crippen LogP contribution in [0.3, 0.4) is 0 Å². The quantitative estimate of drug-likeness (QED) is 0.847. The third-order valence-electron chi connectivity index (χ3n) is 3.67. The van der Waals surface area contributed by atoms with E-state index in [1.807, 2.05) is 37.4 Å². The van der Waals surface area contributed by atoms with E-state index in [1.54, 1.807) is 0 Å². The lowest BCUT2D eigenvalue weighted by molar-refractivity contribution is 0.0290. The molecule has 0 saturated carbocycles. The number of ether oxygens (including phenoxy) is 1. The van der Waals surface area contributed by atoms with Gasteiger partial charge in [-0.3, -0.25) is 0 Å². The topological polar surface area (TPSA) is 41.6 Å². The number of hydrogen-bond acceptors (Lipinski definition) is 4. The average Bonchev–Trinajstić information content (AvgIpc) is 2.87. The summed E-state index contributed by atoms with van der Waals surface area (Å²) in [5.74, 6) is 1.25. The van der Waals surface area contributed by atoms with Gasteiger partial charge in [-0.25, -0.2) is 4.79 Å². The van der Waals surface area contributed by atoms with Crippen molar-refractivity contribution in [2.24, 2.45) is 0 Å². The molecular formula is C14H26N2O2S. The number of likely N-dealkylation sites (tertiary alicyclic amines) is 1. The van der Waals surface area contributed by atoms with Gasteiger partial charge in [-0.05, 0) is 39.4 Å². The van der Waals surface area contributed by atoms with Crippen LogP contribution in [0.1, 0.15) is 40.5 Å². The van der Waals surface area contributed by atoms with E-state index in [1.165, 1.54) is 12.2 Å². The normalized spacial score (nSPS) is 31.8. The second-order valence-electron chi connectivity index (χ2n) is 6.55. The van der Waals surface area contributed by atoms with Crippen molar-refractivity contribution in [1.29, 1.82) is 0 Å². The van der Waals surface area contributed by atoms with Crippen LogP contribution in [0.25, 0.3) is 0 Å². The molecule has 0 aliphatic carbocycles. The van der Waals surface area contributed by atoms with Gasteiger partial charge < -0.3 is 15.0 Å². The van der Waals surface area contributed by atoms with Crippen molar-refractivity contribution < 1.29 is 9.53 Å². The average molecular weight is 286 g/mol. The Bertz CT molecular complexity index is 330. The van der Waals surface area contributed by atoms with E-state index in [2.05, 4.69) is 12.2 Å². The molecule has 1 N–H and O–H groups in total. The van der Waals surface area contributed by atoms with E-state index >= 15 is 0 Å². The zero-order valence-electron chi connectivity index (χ0n) is 12.4. The molecule has 2 aliphatic heterocycles. The predicted molar refractivity (Wildman–Crippen MR) is 79.7 cm³/mol. The molecule has 4 nitrogen and oxygen atoms in total. The molecule has 110 valence electrons. The first-order valence-corrected chi connectivity index (χ1v) is 8.25. The highest BCUT2D eigenvalue weighted by molar-refractivity contribution is 8.00. The fraction of sp³-hybridized carbons (Fsp3) is 0.929. The van der Waals surface area contributed by atoms with Crippen LogP contribution in [0, 0.1) is 0 Å². The van der Waals surface area contributed by atoms with Crippen LogP contribution >= 0.6 is 11.8 Å². The van der Waals surface area contributed by atoms with Crippen molar-refractivity contribution in [2.75, 3.05) is 18.8 Å². The van der Waals surface area contributed by atoms with Crippen LogP contribution in [0.5, 0.6) is 0 Å². The number of carbonyl (C=O) groups excluding carboxylic acids is 1. The monoisotopic (exact) mass is 286 g/mol. The molecule has 3 unspecified atom stereocenters. The molecule has 2 rings (SSSR count). The second-order valence-corrected chi connectivity index (χ2v) is 8.03. The third-order valence-corrected chi connectivity index (χ3v) is 4.99. The van der Waals surface area contributed by atoms with Gasteiger partial charge in [0.25, 0.3) is 0 Å². The minimum atomic E-state index is -0.404. The highest BCUT2D eigenvalue weighted by atomic mass is 32.2. The summed E-state index contributed by atoms with van der Waals surface area (Å²) in [4.78, 5) is 13.8. The van der Waals surface area contributed by atoms with E-state index in [0.29, 0.717) is 17.3 Å². The van der Waals surface area contributed by atoms with Crippen LogP contribution in [-0.2, 0) is 4.74 Å². The predicted octanol–water partition coefficient (Wildman–Crippen LogP) is 2.48. The minimum absolute atomic E-state index is 0.175. The van der Waals surface area contributed by atoms with Gasteiger partial charge in [0.05, 0.1) is 0 Å². The number of thioether (sulfide) groups is 1. The third kappa shape index (κ3) is 4.28. The molecule has 0 radical (unpaired) electrons. The van der Waals surface area contributed by atoms with Gasteiger partial charge in [-0.1, -0.05) is 6.92 Å². The van der Waals surface area contributed by atoms with Crippen LogP contribution in [-0.4, -0.2) is 52.8 Å². The van der Waals surface area contributed by atoms with Crippen LogP contribution in [0.15, 0.2) is 0 Å². The molecule has 2 fully saturated rings. The van der Waals surface area contributed by atoms with Gasteiger partial charge in [-0.15, -0.1) is 0 Å². The molecule has 0 bridgehead atoms. The summed E-state index contributed by atoms with van der Waals surface area (Å²) < 4.78 is 5.42. The number of hydrogen-bond donors (Lipinski definition) is 1. The van der Waals surface area contributed by atoms with E-state index in [-0.39, 0.29) is 6.09 Å². The number of rotatable bonds is 2. The molecule has 0 spiro atoms. The molecule has 1 amide bonds. The smallest absolute Gasteiger partial charge is 0.410 e. The molecule has 3 atom stereocenters. The van der Waals surface area contributed by atoms with Gasteiger partial charge in [0.2, 0.25) is 0 Å². The Kier molecular flexibility index (Phi) is 4.66. The number of carbonyl (C=O) groups is 1.